The van der Waals surface area contributed by atoms with E-state index in [0.29, 0.717) is 6.10 Å². The fraction of sp³-hybridized carbons (Fsp3) is 0.600. The summed E-state index contributed by atoms with van der Waals surface area (Å²) >= 11 is 2.03. The molecule has 0 bridgehead atoms. The van der Waals surface area contributed by atoms with E-state index in [4.69, 9.17) is 10.5 Å². The van der Waals surface area contributed by atoms with Crippen LogP contribution in [0.25, 0.3) is 0 Å². The Hall–Kier alpha value is -0.670. The van der Waals surface area contributed by atoms with Crippen LogP contribution in [0.2, 0.25) is 0 Å². The van der Waals surface area contributed by atoms with Gasteiger partial charge in [0.1, 0.15) is 11.9 Å². The van der Waals surface area contributed by atoms with Crippen molar-refractivity contribution in [2.45, 2.75) is 37.2 Å². The van der Waals surface area contributed by atoms with Gasteiger partial charge in [-0.1, -0.05) is 12.1 Å². The van der Waals surface area contributed by atoms with Gasteiger partial charge in [-0.2, -0.15) is 11.8 Å². The smallest absolute Gasteiger partial charge is 0.120 e. The van der Waals surface area contributed by atoms with E-state index in [1.165, 1.54) is 42.8 Å². The Morgan fingerprint density at radius 3 is 2.72 bits per heavy atom. The number of rotatable bonds is 4. The second-order valence-electron chi connectivity index (χ2n) is 5.44. The van der Waals surface area contributed by atoms with E-state index in [1.54, 1.807) is 0 Å². The van der Waals surface area contributed by atoms with Gasteiger partial charge in [0.05, 0.1) is 0 Å². The minimum Gasteiger partial charge on any atom is -0.490 e. The Kier molecular flexibility index (Phi) is 3.53. The first-order valence-corrected chi connectivity index (χ1v) is 8.03. The van der Waals surface area contributed by atoms with Crippen LogP contribution < -0.4 is 10.5 Å². The van der Waals surface area contributed by atoms with Gasteiger partial charge >= 0.3 is 0 Å². The molecule has 98 valence electrons. The molecule has 2 N–H and O–H groups in total. The topological polar surface area (TPSA) is 35.2 Å². The summed E-state index contributed by atoms with van der Waals surface area (Å²) in [5.41, 5.74) is 7.53. The van der Waals surface area contributed by atoms with Crippen molar-refractivity contribution in [3.63, 3.8) is 0 Å². The lowest BCUT2D eigenvalue weighted by molar-refractivity contribution is 0.192. The lowest BCUT2D eigenvalue weighted by Crippen LogP contribution is -2.23. The summed E-state index contributed by atoms with van der Waals surface area (Å²) in [4.78, 5) is 0. The summed E-state index contributed by atoms with van der Waals surface area (Å²) in [6, 6.07) is 8.60. The van der Waals surface area contributed by atoms with E-state index >= 15 is 0 Å². The van der Waals surface area contributed by atoms with Crippen molar-refractivity contribution in [1.82, 2.24) is 0 Å². The SMILES string of the molecule is NCC1(c2cccc(OC3CCSCC3)c2)CC1. The van der Waals surface area contributed by atoms with Crippen LogP contribution in [0.4, 0.5) is 0 Å². The van der Waals surface area contributed by atoms with Crippen LogP contribution in [-0.4, -0.2) is 24.2 Å². The molecule has 1 saturated heterocycles. The van der Waals surface area contributed by atoms with Crippen molar-refractivity contribution in [3.05, 3.63) is 29.8 Å². The van der Waals surface area contributed by atoms with Crippen LogP contribution in [-0.2, 0) is 5.41 Å². The highest BCUT2D eigenvalue weighted by atomic mass is 32.2. The number of nitrogens with two attached hydrogens (primary N) is 1. The van der Waals surface area contributed by atoms with Crippen molar-refractivity contribution in [1.29, 1.82) is 0 Å². The minimum atomic E-state index is 0.266. The minimum absolute atomic E-state index is 0.266. The van der Waals surface area contributed by atoms with E-state index in [9.17, 15) is 0 Å². The molecule has 0 radical (unpaired) electrons. The molecule has 3 rings (SSSR count). The van der Waals surface area contributed by atoms with Gasteiger partial charge in [-0.3, -0.25) is 0 Å². The van der Waals surface area contributed by atoms with Crippen molar-refractivity contribution in [3.8, 4) is 5.75 Å². The van der Waals surface area contributed by atoms with Gasteiger partial charge in [-0.15, -0.1) is 0 Å². The average Bonchev–Trinajstić information content (AvgIpc) is 3.21. The summed E-state index contributed by atoms with van der Waals surface area (Å²) in [6.45, 7) is 0.760. The standard InChI is InChI=1S/C15H21NOS/c16-11-15(6-7-15)12-2-1-3-14(10-12)17-13-4-8-18-9-5-13/h1-3,10,13H,4-9,11,16H2. The van der Waals surface area contributed by atoms with Crippen molar-refractivity contribution in [2.75, 3.05) is 18.1 Å². The van der Waals surface area contributed by atoms with Gasteiger partial charge in [0.2, 0.25) is 0 Å². The normalized spacial score (nSPS) is 22.7. The molecule has 0 unspecified atom stereocenters. The van der Waals surface area contributed by atoms with E-state index in [2.05, 4.69) is 24.3 Å². The van der Waals surface area contributed by atoms with Gasteiger partial charge in [-0.25, -0.2) is 0 Å². The Morgan fingerprint density at radius 2 is 2.06 bits per heavy atom. The predicted octanol–water partition coefficient (Wildman–Crippen LogP) is 2.95. The highest BCUT2D eigenvalue weighted by Crippen LogP contribution is 2.47. The molecule has 0 amide bonds. The van der Waals surface area contributed by atoms with Crippen LogP contribution in [0.1, 0.15) is 31.2 Å². The van der Waals surface area contributed by atoms with E-state index in [1.807, 2.05) is 11.8 Å². The molecule has 0 atom stereocenters. The van der Waals surface area contributed by atoms with Crippen molar-refractivity contribution >= 4 is 11.8 Å². The highest BCUT2D eigenvalue weighted by Gasteiger charge is 2.42. The number of hydrogen-bond acceptors (Lipinski definition) is 3. The molecule has 0 spiro atoms. The first kappa shape index (κ1) is 12.4. The zero-order valence-corrected chi connectivity index (χ0v) is 11.5. The highest BCUT2D eigenvalue weighted by molar-refractivity contribution is 7.99. The number of hydrogen-bond donors (Lipinski definition) is 1. The lowest BCUT2D eigenvalue weighted by Gasteiger charge is -2.23. The summed E-state index contributed by atoms with van der Waals surface area (Å²) in [5, 5.41) is 0. The Morgan fingerprint density at radius 1 is 1.28 bits per heavy atom. The van der Waals surface area contributed by atoms with Gasteiger partial charge in [-0.05, 0) is 54.9 Å². The molecule has 1 aliphatic carbocycles. The van der Waals surface area contributed by atoms with Crippen LogP contribution in [0.5, 0.6) is 5.75 Å². The van der Waals surface area contributed by atoms with Crippen LogP contribution >= 0.6 is 11.8 Å². The Balaban J connectivity index is 1.70. The molecular weight excluding hydrogens is 242 g/mol. The zero-order valence-electron chi connectivity index (χ0n) is 10.7. The molecule has 2 aliphatic rings. The number of benzene rings is 1. The van der Waals surface area contributed by atoms with E-state index < -0.39 is 0 Å². The van der Waals surface area contributed by atoms with E-state index in [-0.39, 0.29) is 5.41 Å². The molecule has 1 aromatic carbocycles. The maximum Gasteiger partial charge on any atom is 0.120 e. The third kappa shape index (κ3) is 2.52. The average molecular weight is 263 g/mol. The summed E-state index contributed by atoms with van der Waals surface area (Å²) in [6.07, 6.45) is 5.22. The largest absolute Gasteiger partial charge is 0.490 e. The fourth-order valence-corrected chi connectivity index (χ4v) is 3.71. The first-order valence-electron chi connectivity index (χ1n) is 6.87. The summed E-state index contributed by atoms with van der Waals surface area (Å²) < 4.78 is 6.11. The molecular formula is C15H21NOS. The molecule has 18 heavy (non-hydrogen) atoms. The number of ether oxygens (including phenoxy) is 1. The molecule has 2 nitrogen and oxygen atoms in total. The van der Waals surface area contributed by atoms with Gasteiger partial charge in [0, 0.05) is 12.0 Å². The molecule has 0 aromatic heterocycles. The zero-order chi connectivity index (χ0) is 12.4. The van der Waals surface area contributed by atoms with Crippen LogP contribution in [0.3, 0.4) is 0 Å². The second kappa shape index (κ2) is 5.14. The molecule has 1 heterocycles. The van der Waals surface area contributed by atoms with Gasteiger partial charge < -0.3 is 10.5 Å². The van der Waals surface area contributed by atoms with Gasteiger partial charge in [0.25, 0.3) is 0 Å². The first-order chi connectivity index (χ1) is 8.82. The molecule has 2 fully saturated rings. The lowest BCUT2D eigenvalue weighted by atomic mass is 9.96. The molecule has 1 aromatic rings. The van der Waals surface area contributed by atoms with Gasteiger partial charge in [0.15, 0.2) is 0 Å². The second-order valence-corrected chi connectivity index (χ2v) is 6.67. The van der Waals surface area contributed by atoms with Crippen molar-refractivity contribution in [2.24, 2.45) is 5.73 Å². The maximum absolute atomic E-state index is 6.11. The monoisotopic (exact) mass is 263 g/mol. The summed E-state index contributed by atoms with van der Waals surface area (Å²) in [5.74, 6) is 3.50. The number of thioether (sulfide) groups is 1. The molecule has 1 saturated carbocycles. The molecule has 1 aliphatic heterocycles. The fourth-order valence-electron chi connectivity index (χ4n) is 2.65. The Bertz CT molecular complexity index is 411. The Labute approximate surface area is 113 Å². The quantitative estimate of drug-likeness (QED) is 0.907. The summed E-state index contributed by atoms with van der Waals surface area (Å²) in [7, 11) is 0. The third-order valence-electron chi connectivity index (χ3n) is 4.16. The maximum atomic E-state index is 6.11. The van der Waals surface area contributed by atoms with E-state index in [0.717, 1.165) is 12.3 Å². The predicted molar refractivity (Wildman–Crippen MR) is 77.4 cm³/mol. The third-order valence-corrected chi connectivity index (χ3v) is 5.21. The van der Waals surface area contributed by atoms with Crippen molar-refractivity contribution < 1.29 is 4.74 Å². The molecule has 3 heteroatoms. The van der Waals surface area contributed by atoms with Crippen LogP contribution in [0, 0.1) is 0 Å². The van der Waals surface area contributed by atoms with Crippen LogP contribution in [0.15, 0.2) is 24.3 Å².